The monoisotopic (exact) mass is 368 g/mol. The molecule has 1 fully saturated rings. The molecular weight excluding hydrogens is 344 g/mol. The van der Waals surface area contributed by atoms with Crippen LogP contribution in [0.5, 0.6) is 5.75 Å². The second-order valence-electron chi connectivity index (χ2n) is 6.39. The zero-order valence-corrected chi connectivity index (χ0v) is 15.4. The molecule has 1 aliphatic heterocycles. The number of pyridine rings is 1. The average Bonchev–Trinajstić information content (AvgIpc) is 2.74. The van der Waals surface area contributed by atoms with Gasteiger partial charge in [-0.15, -0.1) is 0 Å². The van der Waals surface area contributed by atoms with Crippen molar-refractivity contribution in [2.24, 2.45) is 0 Å². The number of piperazine rings is 1. The lowest BCUT2D eigenvalue weighted by atomic mass is 10.1. The summed E-state index contributed by atoms with van der Waals surface area (Å²) in [5, 5.41) is 2.92. The lowest BCUT2D eigenvalue weighted by Crippen LogP contribution is -2.46. The van der Waals surface area contributed by atoms with E-state index >= 15 is 0 Å². The topological polar surface area (TPSA) is 74.8 Å². The number of hydrogen-bond acceptors (Lipinski definition) is 5. The molecule has 142 valence electrons. The van der Waals surface area contributed by atoms with Gasteiger partial charge in [-0.25, -0.2) is 4.98 Å². The van der Waals surface area contributed by atoms with Gasteiger partial charge in [0.25, 0.3) is 5.91 Å². The summed E-state index contributed by atoms with van der Waals surface area (Å²) < 4.78 is 5.14. The third-order valence-corrected chi connectivity index (χ3v) is 4.66. The van der Waals surface area contributed by atoms with Gasteiger partial charge in [0.2, 0.25) is 6.41 Å². The maximum absolute atomic E-state index is 12.3. The molecule has 0 atom stereocenters. The van der Waals surface area contributed by atoms with Crippen LogP contribution in [-0.2, 0) is 11.2 Å². The van der Waals surface area contributed by atoms with Crippen molar-refractivity contribution in [2.75, 3.05) is 44.7 Å². The number of amides is 2. The quantitative estimate of drug-likeness (QED) is 0.747. The number of carbonyl (C=O) groups excluding carboxylic acids is 2. The largest absolute Gasteiger partial charge is 0.497 e. The van der Waals surface area contributed by atoms with E-state index in [0.29, 0.717) is 25.2 Å². The molecule has 1 aromatic heterocycles. The van der Waals surface area contributed by atoms with Crippen LogP contribution in [0.3, 0.4) is 0 Å². The fraction of sp³-hybridized carbons (Fsp3) is 0.350. The van der Waals surface area contributed by atoms with Crippen molar-refractivity contribution in [3.05, 3.63) is 53.7 Å². The van der Waals surface area contributed by atoms with Gasteiger partial charge >= 0.3 is 0 Å². The highest BCUT2D eigenvalue weighted by Crippen LogP contribution is 2.14. The first kappa shape index (κ1) is 18.7. The van der Waals surface area contributed by atoms with Gasteiger partial charge in [-0.2, -0.15) is 0 Å². The van der Waals surface area contributed by atoms with Gasteiger partial charge in [-0.3, -0.25) is 9.59 Å². The van der Waals surface area contributed by atoms with Crippen LogP contribution in [0.4, 0.5) is 5.82 Å². The Morgan fingerprint density at radius 1 is 1.15 bits per heavy atom. The van der Waals surface area contributed by atoms with Crippen LogP contribution in [0.1, 0.15) is 15.9 Å². The number of rotatable bonds is 7. The molecule has 1 saturated heterocycles. The van der Waals surface area contributed by atoms with Gasteiger partial charge in [0, 0.05) is 38.9 Å². The number of anilines is 1. The molecule has 0 bridgehead atoms. The first-order valence-corrected chi connectivity index (χ1v) is 9.01. The molecule has 27 heavy (non-hydrogen) atoms. The van der Waals surface area contributed by atoms with Gasteiger partial charge in [-0.05, 0) is 36.2 Å². The van der Waals surface area contributed by atoms with Crippen LogP contribution in [0.25, 0.3) is 0 Å². The summed E-state index contributed by atoms with van der Waals surface area (Å²) in [6, 6.07) is 11.5. The van der Waals surface area contributed by atoms with Crippen LogP contribution in [0.15, 0.2) is 42.6 Å². The Morgan fingerprint density at radius 3 is 2.48 bits per heavy atom. The Hall–Kier alpha value is -3.09. The number of ether oxygens (including phenoxy) is 1. The molecule has 0 spiro atoms. The number of methoxy groups -OCH3 is 1. The molecule has 3 rings (SSSR count). The predicted molar refractivity (Wildman–Crippen MR) is 103 cm³/mol. The molecule has 2 aromatic rings. The molecule has 0 radical (unpaired) electrons. The zero-order valence-electron chi connectivity index (χ0n) is 15.4. The minimum Gasteiger partial charge on any atom is -0.497 e. The number of benzene rings is 1. The van der Waals surface area contributed by atoms with Crippen molar-refractivity contribution in [1.82, 2.24) is 15.2 Å². The standard InChI is InChI=1S/C20H24N4O3/c1-27-18-5-2-16(3-6-18)8-9-21-20(26)17-4-7-19(22-14-17)24-12-10-23(15-25)11-13-24/h2-7,14-15H,8-13H2,1H3,(H,21,26). The van der Waals surface area contributed by atoms with Gasteiger partial charge < -0.3 is 19.9 Å². The van der Waals surface area contributed by atoms with Gasteiger partial charge in [-0.1, -0.05) is 12.1 Å². The van der Waals surface area contributed by atoms with Gasteiger partial charge in [0.1, 0.15) is 11.6 Å². The van der Waals surface area contributed by atoms with Crippen molar-refractivity contribution in [1.29, 1.82) is 0 Å². The Bertz CT molecular complexity index is 754. The molecule has 1 aromatic carbocycles. The molecule has 7 heteroatoms. The summed E-state index contributed by atoms with van der Waals surface area (Å²) in [6.45, 7) is 3.44. The maximum Gasteiger partial charge on any atom is 0.252 e. The van der Waals surface area contributed by atoms with E-state index < -0.39 is 0 Å². The van der Waals surface area contributed by atoms with Crippen molar-refractivity contribution in [3.8, 4) is 5.75 Å². The van der Waals surface area contributed by atoms with Crippen LogP contribution >= 0.6 is 0 Å². The van der Waals surface area contributed by atoms with E-state index in [1.807, 2.05) is 30.3 Å². The molecule has 0 unspecified atom stereocenters. The molecule has 0 saturated carbocycles. The van der Waals surface area contributed by atoms with Crippen LogP contribution in [0.2, 0.25) is 0 Å². The van der Waals surface area contributed by atoms with E-state index in [2.05, 4.69) is 15.2 Å². The van der Waals surface area contributed by atoms with E-state index in [0.717, 1.165) is 43.1 Å². The Kier molecular flexibility index (Phi) is 6.25. The summed E-state index contributed by atoms with van der Waals surface area (Å²) in [5.74, 6) is 1.52. The fourth-order valence-electron chi connectivity index (χ4n) is 2.98. The summed E-state index contributed by atoms with van der Waals surface area (Å²) in [6.07, 6.45) is 3.23. The first-order chi connectivity index (χ1) is 13.2. The molecule has 7 nitrogen and oxygen atoms in total. The molecule has 2 heterocycles. The van der Waals surface area contributed by atoms with Crippen LogP contribution in [0, 0.1) is 0 Å². The number of carbonyl (C=O) groups is 2. The zero-order chi connectivity index (χ0) is 19.1. The Balaban J connectivity index is 1.47. The van der Waals surface area contributed by atoms with Crippen LogP contribution < -0.4 is 15.0 Å². The highest BCUT2D eigenvalue weighted by molar-refractivity contribution is 5.94. The summed E-state index contributed by atoms with van der Waals surface area (Å²) in [4.78, 5) is 31.3. The lowest BCUT2D eigenvalue weighted by molar-refractivity contribution is -0.118. The molecule has 0 aliphatic carbocycles. The Morgan fingerprint density at radius 2 is 1.89 bits per heavy atom. The van der Waals surface area contributed by atoms with Crippen LogP contribution in [-0.4, -0.2) is 62.0 Å². The third kappa shape index (κ3) is 4.97. The highest BCUT2D eigenvalue weighted by Gasteiger charge is 2.17. The summed E-state index contributed by atoms with van der Waals surface area (Å²) in [5.41, 5.74) is 1.68. The summed E-state index contributed by atoms with van der Waals surface area (Å²) >= 11 is 0. The first-order valence-electron chi connectivity index (χ1n) is 9.01. The predicted octanol–water partition coefficient (Wildman–Crippen LogP) is 1.34. The minimum atomic E-state index is -0.131. The van der Waals surface area contributed by atoms with Crippen molar-refractivity contribution in [2.45, 2.75) is 6.42 Å². The maximum atomic E-state index is 12.3. The fourth-order valence-corrected chi connectivity index (χ4v) is 2.98. The lowest BCUT2D eigenvalue weighted by Gasteiger charge is -2.33. The highest BCUT2D eigenvalue weighted by atomic mass is 16.5. The molecule has 1 aliphatic rings. The molecule has 1 N–H and O–H groups in total. The Labute approximate surface area is 158 Å². The normalized spacial score (nSPS) is 14.0. The van der Waals surface area contributed by atoms with E-state index in [1.165, 1.54) is 0 Å². The van der Waals surface area contributed by atoms with Gasteiger partial charge in [0.15, 0.2) is 0 Å². The second kappa shape index (κ2) is 9.02. The van der Waals surface area contributed by atoms with E-state index in [-0.39, 0.29) is 5.91 Å². The average molecular weight is 368 g/mol. The van der Waals surface area contributed by atoms with Crippen molar-refractivity contribution < 1.29 is 14.3 Å². The van der Waals surface area contributed by atoms with Gasteiger partial charge in [0.05, 0.1) is 12.7 Å². The van der Waals surface area contributed by atoms with E-state index in [9.17, 15) is 9.59 Å². The van der Waals surface area contributed by atoms with E-state index in [1.54, 1.807) is 24.3 Å². The van der Waals surface area contributed by atoms with E-state index in [4.69, 9.17) is 4.74 Å². The summed E-state index contributed by atoms with van der Waals surface area (Å²) in [7, 11) is 1.64. The number of nitrogens with zero attached hydrogens (tertiary/aromatic N) is 3. The number of nitrogens with one attached hydrogen (secondary N) is 1. The minimum absolute atomic E-state index is 0.131. The van der Waals surface area contributed by atoms with Crippen molar-refractivity contribution >= 4 is 18.1 Å². The number of aromatic nitrogens is 1. The molecular formula is C20H24N4O3. The SMILES string of the molecule is COc1ccc(CCNC(=O)c2ccc(N3CCN(C=O)CC3)nc2)cc1. The number of hydrogen-bond donors (Lipinski definition) is 1. The third-order valence-electron chi connectivity index (χ3n) is 4.66. The second-order valence-corrected chi connectivity index (χ2v) is 6.39. The molecule has 2 amide bonds. The smallest absolute Gasteiger partial charge is 0.252 e. The van der Waals surface area contributed by atoms with Crippen molar-refractivity contribution in [3.63, 3.8) is 0 Å².